The normalized spacial score (nSPS) is 11.1. The van der Waals surface area contributed by atoms with Crippen molar-refractivity contribution in [3.63, 3.8) is 0 Å². The van der Waals surface area contributed by atoms with Gasteiger partial charge in [0.2, 0.25) is 0 Å². The van der Waals surface area contributed by atoms with Crippen molar-refractivity contribution in [2.24, 2.45) is 0 Å². The fraction of sp³-hybridized carbons (Fsp3) is 0.154. The van der Waals surface area contributed by atoms with Gasteiger partial charge in [0, 0.05) is 28.7 Å². The van der Waals surface area contributed by atoms with E-state index in [1.807, 2.05) is 55.5 Å². The van der Waals surface area contributed by atoms with Gasteiger partial charge in [-0.05, 0) is 68.2 Å². The fourth-order valence-electron chi connectivity index (χ4n) is 3.50. The zero-order chi connectivity index (χ0) is 23.0. The van der Waals surface area contributed by atoms with Crippen LogP contribution in [0.2, 0.25) is 0 Å². The van der Waals surface area contributed by atoms with Gasteiger partial charge in [-0.2, -0.15) is 0 Å². The zero-order valence-corrected chi connectivity index (χ0v) is 18.4. The van der Waals surface area contributed by atoms with E-state index >= 15 is 0 Å². The summed E-state index contributed by atoms with van der Waals surface area (Å²) in [6, 6.07) is 12.9. The molecule has 6 nitrogen and oxygen atoms in total. The molecule has 0 saturated carbocycles. The Bertz CT molecular complexity index is 1290. The molecular weight excluding hydrogens is 415 g/mol. The SMILES string of the molecule is C=C(/C=C/C)Nc1cc2c(Nc3ccc(CCCc4ccccn4)c(F)c3)ncnc2cn1. The van der Waals surface area contributed by atoms with Crippen LogP contribution < -0.4 is 10.6 Å². The molecule has 0 atom stereocenters. The summed E-state index contributed by atoms with van der Waals surface area (Å²) in [6.45, 7) is 5.85. The average Bonchev–Trinajstić information content (AvgIpc) is 2.82. The molecule has 0 amide bonds. The number of fused-ring (bicyclic) bond motifs is 1. The molecule has 7 heteroatoms. The topological polar surface area (TPSA) is 75.6 Å². The molecule has 3 heterocycles. The molecule has 33 heavy (non-hydrogen) atoms. The highest BCUT2D eigenvalue weighted by Gasteiger charge is 2.09. The number of hydrogen-bond acceptors (Lipinski definition) is 6. The third-order valence-corrected chi connectivity index (χ3v) is 5.10. The predicted molar refractivity (Wildman–Crippen MR) is 131 cm³/mol. The van der Waals surface area contributed by atoms with E-state index in [2.05, 4.69) is 37.1 Å². The number of rotatable bonds is 9. The maximum atomic E-state index is 14.7. The van der Waals surface area contributed by atoms with Crippen LogP contribution in [0.4, 0.5) is 21.7 Å². The van der Waals surface area contributed by atoms with Crippen LogP contribution in [0.5, 0.6) is 0 Å². The quantitative estimate of drug-likeness (QED) is 0.312. The Morgan fingerprint density at radius 3 is 2.76 bits per heavy atom. The largest absolute Gasteiger partial charge is 0.341 e. The van der Waals surface area contributed by atoms with Gasteiger partial charge in [0.25, 0.3) is 0 Å². The molecule has 4 rings (SSSR count). The number of pyridine rings is 2. The number of aryl methyl sites for hydroxylation is 2. The highest BCUT2D eigenvalue weighted by molar-refractivity contribution is 5.91. The van der Waals surface area contributed by atoms with Crippen molar-refractivity contribution in [3.8, 4) is 0 Å². The summed E-state index contributed by atoms with van der Waals surface area (Å²) in [4.78, 5) is 17.3. The molecule has 0 bridgehead atoms. The van der Waals surface area contributed by atoms with Crippen LogP contribution in [-0.2, 0) is 12.8 Å². The van der Waals surface area contributed by atoms with Gasteiger partial charge in [0.1, 0.15) is 23.8 Å². The first-order valence-corrected chi connectivity index (χ1v) is 10.8. The van der Waals surface area contributed by atoms with Crippen molar-refractivity contribution >= 4 is 28.2 Å². The lowest BCUT2D eigenvalue weighted by molar-refractivity contribution is 0.604. The number of allylic oxidation sites excluding steroid dienone is 2. The second-order valence-corrected chi connectivity index (χ2v) is 7.57. The van der Waals surface area contributed by atoms with Crippen molar-refractivity contribution in [2.45, 2.75) is 26.2 Å². The maximum Gasteiger partial charge on any atom is 0.141 e. The van der Waals surface area contributed by atoms with Crippen LogP contribution in [0.15, 0.2) is 85.6 Å². The Hall–Kier alpha value is -4.13. The Kier molecular flexibility index (Phi) is 6.99. The van der Waals surface area contributed by atoms with E-state index in [4.69, 9.17) is 0 Å². The second kappa shape index (κ2) is 10.5. The van der Waals surface area contributed by atoms with E-state index in [9.17, 15) is 4.39 Å². The lowest BCUT2D eigenvalue weighted by Crippen LogP contribution is -2.01. The minimum absolute atomic E-state index is 0.244. The molecule has 4 aromatic rings. The first kappa shape index (κ1) is 22.1. The van der Waals surface area contributed by atoms with Gasteiger partial charge >= 0.3 is 0 Å². The Labute approximate surface area is 192 Å². The smallest absolute Gasteiger partial charge is 0.141 e. The van der Waals surface area contributed by atoms with Gasteiger partial charge in [-0.25, -0.2) is 19.3 Å². The molecule has 0 aliphatic heterocycles. The minimum Gasteiger partial charge on any atom is -0.341 e. The van der Waals surface area contributed by atoms with Crippen LogP contribution in [-0.4, -0.2) is 19.9 Å². The number of anilines is 3. The summed E-state index contributed by atoms with van der Waals surface area (Å²) >= 11 is 0. The first-order chi connectivity index (χ1) is 16.1. The molecule has 0 unspecified atom stereocenters. The maximum absolute atomic E-state index is 14.7. The lowest BCUT2D eigenvalue weighted by Gasteiger charge is -2.11. The Balaban J connectivity index is 1.48. The van der Waals surface area contributed by atoms with E-state index in [0.717, 1.165) is 29.6 Å². The van der Waals surface area contributed by atoms with Crippen molar-refractivity contribution in [2.75, 3.05) is 10.6 Å². The van der Waals surface area contributed by atoms with Crippen LogP contribution in [0.25, 0.3) is 10.9 Å². The van der Waals surface area contributed by atoms with E-state index in [0.29, 0.717) is 34.8 Å². The molecule has 0 aliphatic rings. The molecule has 0 saturated heterocycles. The summed E-state index contributed by atoms with van der Waals surface area (Å²) in [6.07, 6.45) is 10.9. The molecule has 2 N–H and O–H groups in total. The molecule has 0 spiro atoms. The number of halogens is 1. The molecule has 1 aromatic carbocycles. The predicted octanol–water partition coefficient (Wildman–Crippen LogP) is 5.98. The third-order valence-electron chi connectivity index (χ3n) is 5.10. The van der Waals surface area contributed by atoms with Gasteiger partial charge in [-0.3, -0.25) is 4.98 Å². The van der Waals surface area contributed by atoms with Gasteiger partial charge in [-0.1, -0.05) is 24.8 Å². The number of nitrogens with one attached hydrogen (secondary N) is 2. The summed E-state index contributed by atoms with van der Waals surface area (Å²) in [5.74, 6) is 0.952. The van der Waals surface area contributed by atoms with Gasteiger partial charge in [-0.15, -0.1) is 0 Å². The third kappa shape index (κ3) is 5.77. The minimum atomic E-state index is -0.244. The summed E-state index contributed by atoms with van der Waals surface area (Å²) in [5, 5.41) is 7.11. The van der Waals surface area contributed by atoms with Gasteiger partial charge in [0.15, 0.2) is 0 Å². The highest BCUT2D eigenvalue weighted by atomic mass is 19.1. The van der Waals surface area contributed by atoms with Crippen LogP contribution in [0.3, 0.4) is 0 Å². The standard InChI is InChI=1S/C26H25FN6/c1-3-7-18(2)32-25-15-22-24(16-29-25)30-17-31-26(22)33-21-12-11-19(23(27)14-21)8-6-10-20-9-4-5-13-28-20/h3-5,7,9,11-17H,2,6,8,10H2,1H3,(H,29,32)(H,30,31,33)/b7-3+. The van der Waals surface area contributed by atoms with Crippen LogP contribution in [0.1, 0.15) is 24.6 Å². The van der Waals surface area contributed by atoms with Crippen molar-refractivity contribution in [1.29, 1.82) is 0 Å². The fourth-order valence-corrected chi connectivity index (χ4v) is 3.50. The van der Waals surface area contributed by atoms with Crippen LogP contribution >= 0.6 is 0 Å². The van der Waals surface area contributed by atoms with Crippen molar-refractivity contribution in [3.05, 3.63) is 103 Å². The highest BCUT2D eigenvalue weighted by Crippen LogP contribution is 2.26. The average molecular weight is 441 g/mol. The summed E-state index contributed by atoms with van der Waals surface area (Å²) in [7, 11) is 0. The summed E-state index contributed by atoms with van der Waals surface area (Å²) in [5.41, 5.74) is 3.72. The molecule has 166 valence electrons. The number of benzene rings is 1. The number of nitrogens with zero attached hydrogens (tertiary/aromatic N) is 4. The van der Waals surface area contributed by atoms with Gasteiger partial charge < -0.3 is 10.6 Å². The molecule has 0 aliphatic carbocycles. The van der Waals surface area contributed by atoms with E-state index in [-0.39, 0.29) is 5.82 Å². The monoisotopic (exact) mass is 440 g/mol. The first-order valence-electron chi connectivity index (χ1n) is 10.8. The molecule has 0 fully saturated rings. The molecule has 0 radical (unpaired) electrons. The number of aromatic nitrogens is 4. The lowest BCUT2D eigenvalue weighted by atomic mass is 10.1. The van der Waals surface area contributed by atoms with E-state index in [1.54, 1.807) is 12.4 Å². The van der Waals surface area contributed by atoms with E-state index < -0.39 is 0 Å². The van der Waals surface area contributed by atoms with Crippen molar-refractivity contribution in [1.82, 2.24) is 19.9 Å². The molecule has 3 aromatic heterocycles. The van der Waals surface area contributed by atoms with Crippen LogP contribution in [0, 0.1) is 5.82 Å². The zero-order valence-electron chi connectivity index (χ0n) is 18.4. The number of hydrogen-bond donors (Lipinski definition) is 2. The Morgan fingerprint density at radius 2 is 1.97 bits per heavy atom. The second-order valence-electron chi connectivity index (χ2n) is 7.57. The summed E-state index contributed by atoms with van der Waals surface area (Å²) < 4.78 is 14.7. The van der Waals surface area contributed by atoms with Crippen molar-refractivity contribution < 1.29 is 4.39 Å². The Morgan fingerprint density at radius 1 is 1.06 bits per heavy atom. The van der Waals surface area contributed by atoms with E-state index in [1.165, 1.54) is 12.4 Å². The van der Waals surface area contributed by atoms with Gasteiger partial charge in [0.05, 0.1) is 11.7 Å². The molecular formula is C26H25FN6.